The van der Waals surface area contributed by atoms with E-state index in [9.17, 15) is 14.7 Å². The van der Waals surface area contributed by atoms with Gasteiger partial charge in [0.05, 0.1) is 24.2 Å². The van der Waals surface area contributed by atoms with Gasteiger partial charge in [-0.15, -0.1) is 11.3 Å². The van der Waals surface area contributed by atoms with Gasteiger partial charge in [-0.1, -0.05) is 24.3 Å². The third-order valence-electron chi connectivity index (χ3n) is 4.63. The molecule has 0 saturated carbocycles. The number of fused-ring (bicyclic) bond motifs is 1. The first kappa shape index (κ1) is 19.7. The van der Waals surface area contributed by atoms with Crippen molar-refractivity contribution >= 4 is 34.9 Å². The SMILES string of the molecule is CC(N)=NC(=N)c1csc(CNC(=O)C2(CC(=O)O)Cc3ccccc3C2)n1. The number of carbonyl (C=O) groups is 2. The Hall–Kier alpha value is -3.07. The molecule has 8 nitrogen and oxygen atoms in total. The first-order chi connectivity index (χ1) is 13.3. The van der Waals surface area contributed by atoms with Crippen molar-refractivity contribution < 1.29 is 14.7 Å². The van der Waals surface area contributed by atoms with Crippen LogP contribution in [0.4, 0.5) is 0 Å². The van der Waals surface area contributed by atoms with E-state index in [2.05, 4.69) is 15.3 Å². The van der Waals surface area contributed by atoms with Crippen molar-refractivity contribution in [3.8, 4) is 0 Å². The van der Waals surface area contributed by atoms with E-state index in [-0.39, 0.29) is 30.5 Å². The molecule has 0 atom stereocenters. The van der Waals surface area contributed by atoms with Crippen LogP contribution in [0, 0.1) is 10.8 Å². The highest BCUT2D eigenvalue weighted by Gasteiger charge is 2.45. The molecule has 9 heteroatoms. The van der Waals surface area contributed by atoms with E-state index in [4.69, 9.17) is 11.1 Å². The summed E-state index contributed by atoms with van der Waals surface area (Å²) in [5, 5.41) is 22.3. The van der Waals surface area contributed by atoms with E-state index in [1.165, 1.54) is 11.3 Å². The molecule has 3 rings (SSSR count). The highest BCUT2D eigenvalue weighted by Crippen LogP contribution is 2.40. The molecule has 1 aromatic carbocycles. The minimum absolute atomic E-state index is 0.0394. The van der Waals surface area contributed by atoms with E-state index in [0.29, 0.717) is 23.5 Å². The molecular formula is C19H21N5O3S. The van der Waals surface area contributed by atoms with E-state index in [1.54, 1.807) is 12.3 Å². The van der Waals surface area contributed by atoms with E-state index in [0.717, 1.165) is 11.1 Å². The summed E-state index contributed by atoms with van der Waals surface area (Å²) in [6, 6.07) is 7.66. The summed E-state index contributed by atoms with van der Waals surface area (Å²) in [5.74, 6) is -1.07. The van der Waals surface area contributed by atoms with Crippen LogP contribution in [0.15, 0.2) is 34.6 Å². The molecule has 0 aliphatic heterocycles. The normalized spacial score (nSPS) is 15.1. The van der Waals surface area contributed by atoms with Crippen molar-refractivity contribution in [2.45, 2.75) is 32.7 Å². The number of aliphatic imine (C=N–C) groups is 1. The van der Waals surface area contributed by atoms with Crippen molar-refractivity contribution in [3.05, 3.63) is 51.5 Å². The number of hydrogen-bond acceptors (Lipinski definition) is 5. The number of amidine groups is 2. The van der Waals surface area contributed by atoms with Crippen LogP contribution in [0.3, 0.4) is 0 Å². The topological polar surface area (TPSA) is 142 Å². The Kier molecular flexibility index (Phi) is 5.55. The summed E-state index contributed by atoms with van der Waals surface area (Å²) in [5.41, 5.74) is 6.89. The Morgan fingerprint density at radius 2 is 2.00 bits per heavy atom. The number of nitrogens with zero attached hydrogens (tertiary/aromatic N) is 2. The van der Waals surface area contributed by atoms with Gasteiger partial charge in [-0.25, -0.2) is 9.98 Å². The molecule has 0 spiro atoms. The van der Waals surface area contributed by atoms with Gasteiger partial charge in [0, 0.05) is 5.38 Å². The number of aromatic nitrogens is 1. The fourth-order valence-corrected chi connectivity index (χ4v) is 4.15. The van der Waals surface area contributed by atoms with E-state index in [1.807, 2.05) is 24.3 Å². The van der Waals surface area contributed by atoms with Crippen LogP contribution in [0.25, 0.3) is 0 Å². The number of amides is 1. The summed E-state index contributed by atoms with van der Waals surface area (Å²) in [6.07, 6.45) is 0.574. The van der Waals surface area contributed by atoms with E-state index < -0.39 is 11.4 Å². The van der Waals surface area contributed by atoms with Gasteiger partial charge in [0.25, 0.3) is 0 Å². The van der Waals surface area contributed by atoms with Crippen molar-refractivity contribution in [2.24, 2.45) is 16.1 Å². The third kappa shape index (κ3) is 4.25. The number of nitrogens with one attached hydrogen (secondary N) is 2. The number of carbonyl (C=O) groups excluding carboxylic acids is 1. The minimum atomic E-state index is -0.997. The lowest BCUT2D eigenvalue weighted by Crippen LogP contribution is -2.43. The fraction of sp³-hybridized carbons (Fsp3) is 0.316. The van der Waals surface area contributed by atoms with Crippen molar-refractivity contribution in [1.82, 2.24) is 10.3 Å². The Balaban J connectivity index is 1.71. The molecule has 146 valence electrons. The lowest BCUT2D eigenvalue weighted by atomic mass is 9.80. The number of thiazole rings is 1. The molecule has 5 N–H and O–H groups in total. The predicted octanol–water partition coefficient (Wildman–Crippen LogP) is 1.72. The molecule has 0 unspecified atom stereocenters. The second kappa shape index (κ2) is 7.89. The van der Waals surface area contributed by atoms with Crippen molar-refractivity contribution in [1.29, 1.82) is 5.41 Å². The second-order valence-corrected chi connectivity index (χ2v) is 7.83. The smallest absolute Gasteiger partial charge is 0.304 e. The Bertz CT molecular complexity index is 937. The highest BCUT2D eigenvalue weighted by atomic mass is 32.1. The van der Waals surface area contributed by atoms with Gasteiger partial charge in [-0.2, -0.15) is 0 Å². The summed E-state index contributed by atoms with van der Waals surface area (Å²) in [7, 11) is 0. The van der Waals surface area contributed by atoms with Crippen LogP contribution in [0.5, 0.6) is 0 Å². The Morgan fingerprint density at radius 1 is 1.36 bits per heavy atom. The largest absolute Gasteiger partial charge is 0.481 e. The second-order valence-electron chi connectivity index (χ2n) is 6.88. The summed E-state index contributed by atoms with van der Waals surface area (Å²) >= 11 is 1.30. The Labute approximate surface area is 166 Å². The molecular weight excluding hydrogens is 378 g/mol. The average molecular weight is 399 g/mol. The third-order valence-corrected chi connectivity index (χ3v) is 5.48. The maximum atomic E-state index is 13.0. The zero-order valence-corrected chi connectivity index (χ0v) is 16.2. The van der Waals surface area contributed by atoms with Gasteiger partial charge in [0.15, 0.2) is 5.84 Å². The molecule has 1 heterocycles. The number of benzene rings is 1. The van der Waals surface area contributed by atoms with Gasteiger partial charge in [-0.3, -0.25) is 15.0 Å². The van der Waals surface area contributed by atoms with Gasteiger partial charge in [0.2, 0.25) is 5.91 Å². The standard InChI is InChI=1S/C19H21N5O3S/c1-11(20)23-17(21)14-10-28-15(24-14)9-22-18(27)19(8-16(25)26)6-12-4-2-3-5-13(12)7-19/h2-5,10H,6-9H2,1H3,(H,22,27)(H,25,26)(H3,20,21,23). The van der Waals surface area contributed by atoms with Gasteiger partial charge in [0.1, 0.15) is 10.7 Å². The number of carboxylic acid groups (broad SMARTS) is 1. The monoisotopic (exact) mass is 399 g/mol. The fourth-order valence-electron chi connectivity index (χ4n) is 3.43. The number of rotatable bonds is 6. The van der Waals surface area contributed by atoms with Crippen LogP contribution >= 0.6 is 11.3 Å². The average Bonchev–Trinajstić information content (AvgIpc) is 3.23. The molecule has 0 saturated heterocycles. The molecule has 1 amide bonds. The summed E-state index contributed by atoms with van der Waals surface area (Å²) < 4.78 is 0. The quantitative estimate of drug-likeness (QED) is 0.432. The highest BCUT2D eigenvalue weighted by molar-refractivity contribution is 7.09. The molecule has 0 fully saturated rings. The minimum Gasteiger partial charge on any atom is -0.481 e. The first-order valence-corrected chi connectivity index (χ1v) is 9.58. The van der Waals surface area contributed by atoms with Crippen LogP contribution in [0.1, 0.15) is 35.2 Å². The molecule has 28 heavy (non-hydrogen) atoms. The van der Waals surface area contributed by atoms with Crippen LogP contribution in [-0.2, 0) is 29.0 Å². The van der Waals surface area contributed by atoms with Gasteiger partial charge < -0.3 is 16.2 Å². The maximum absolute atomic E-state index is 13.0. The van der Waals surface area contributed by atoms with Gasteiger partial charge >= 0.3 is 5.97 Å². The van der Waals surface area contributed by atoms with Crippen LogP contribution in [-0.4, -0.2) is 33.6 Å². The molecule has 0 bridgehead atoms. The lowest BCUT2D eigenvalue weighted by molar-refractivity contribution is -0.145. The summed E-state index contributed by atoms with van der Waals surface area (Å²) in [6.45, 7) is 1.75. The predicted molar refractivity (Wildman–Crippen MR) is 107 cm³/mol. The van der Waals surface area contributed by atoms with Crippen molar-refractivity contribution in [3.63, 3.8) is 0 Å². The molecule has 1 aromatic heterocycles. The molecule has 1 aliphatic carbocycles. The zero-order chi connectivity index (χ0) is 20.3. The zero-order valence-electron chi connectivity index (χ0n) is 15.4. The van der Waals surface area contributed by atoms with E-state index >= 15 is 0 Å². The summed E-state index contributed by atoms with van der Waals surface area (Å²) in [4.78, 5) is 32.5. The number of nitrogens with two attached hydrogens (primary N) is 1. The molecule has 2 aromatic rings. The van der Waals surface area contributed by atoms with Crippen LogP contribution in [0.2, 0.25) is 0 Å². The first-order valence-electron chi connectivity index (χ1n) is 8.70. The lowest BCUT2D eigenvalue weighted by Gasteiger charge is -2.25. The number of hydrogen-bond donors (Lipinski definition) is 4. The van der Waals surface area contributed by atoms with Gasteiger partial charge in [-0.05, 0) is 30.9 Å². The number of aliphatic carboxylic acids is 1. The van der Waals surface area contributed by atoms with Crippen LogP contribution < -0.4 is 11.1 Å². The van der Waals surface area contributed by atoms with Crippen molar-refractivity contribution in [2.75, 3.05) is 0 Å². The number of carboxylic acids is 1. The maximum Gasteiger partial charge on any atom is 0.304 e. The Morgan fingerprint density at radius 3 is 2.57 bits per heavy atom. The molecule has 0 radical (unpaired) electrons. The molecule has 1 aliphatic rings.